The molecule has 0 unspecified atom stereocenters. The molecule has 1 aromatic carbocycles. The Bertz CT molecular complexity index is 750. The Morgan fingerprint density at radius 1 is 1.52 bits per heavy atom. The molecule has 6 nitrogen and oxygen atoms in total. The molecule has 120 valence electrons. The summed E-state index contributed by atoms with van der Waals surface area (Å²) in [6.45, 7) is 0. The van der Waals surface area contributed by atoms with Crippen LogP contribution in [0.3, 0.4) is 0 Å². The largest absolute Gasteiger partial charge is 0.338 e. The highest BCUT2D eigenvalue weighted by molar-refractivity contribution is 6.30. The summed E-state index contributed by atoms with van der Waals surface area (Å²) in [6, 6.07) is 3.78. The number of H-pyrrole nitrogens is 1. The number of nitrogens with zero attached hydrogens (tertiary/aromatic N) is 2. The van der Waals surface area contributed by atoms with Gasteiger partial charge in [-0.25, -0.2) is 4.39 Å². The predicted octanol–water partition coefficient (Wildman–Crippen LogP) is 2.36. The van der Waals surface area contributed by atoms with Crippen molar-refractivity contribution in [3.8, 4) is 0 Å². The van der Waals surface area contributed by atoms with Gasteiger partial charge in [0.2, 0.25) is 11.8 Å². The van der Waals surface area contributed by atoms with Crippen molar-refractivity contribution in [1.29, 1.82) is 0 Å². The zero-order valence-corrected chi connectivity index (χ0v) is 13.0. The first kappa shape index (κ1) is 15.5. The fraction of sp³-hybridized carbons (Fsp3) is 0.267. The van der Waals surface area contributed by atoms with E-state index >= 15 is 0 Å². The van der Waals surface area contributed by atoms with Gasteiger partial charge in [0.05, 0.1) is 28.9 Å². The molecule has 0 saturated carbocycles. The van der Waals surface area contributed by atoms with E-state index in [1.54, 1.807) is 13.1 Å². The number of amides is 2. The number of carbonyl (C=O) groups excluding carboxylic acids is 2. The van der Waals surface area contributed by atoms with Crippen LogP contribution in [-0.4, -0.2) is 34.0 Å². The van der Waals surface area contributed by atoms with E-state index in [9.17, 15) is 14.0 Å². The van der Waals surface area contributed by atoms with Crippen LogP contribution in [0.1, 0.15) is 18.0 Å². The number of anilines is 1. The molecule has 0 bridgehead atoms. The van der Waals surface area contributed by atoms with Gasteiger partial charge in [0.1, 0.15) is 5.82 Å². The molecule has 0 radical (unpaired) electrons. The third-order valence-corrected chi connectivity index (χ3v) is 4.28. The van der Waals surface area contributed by atoms with E-state index in [0.29, 0.717) is 11.3 Å². The van der Waals surface area contributed by atoms with Gasteiger partial charge in [0.25, 0.3) is 0 Å². The summed E-state index contributed by atoms with van der Waals surface area (Å²) >= 11 is 5.70. The smallest absolute Gasteiger partial charge is 0.230 e. The molecule has 1 aliphatic heterocycles. The zero-order chi connectivity index (χ0) is 16.6. The van der Waals surface area contributed by atoms with Gasteiger partial charge in [-0.15, -0.1) is 0 Å². The minimum absolute atomic E-state index is 0.000116. The first-order chi connectivity index (χ1) is 11.0. The maximum atomic E-state index is 13.7. The molecule has 1 aliphatic rings. The molecule has 2 amide bonds. The van der Waals surface area contributed by atoms with E-state index in [1.807, 2.05) is 0 Å². The van der Waals surface area contributed by atoms with Crippen molar-refractivity contribution in [3.63, 3.8) is 0 Å². The summed E-state index contributed by atoms with van der Waals surface area (Å²) in [5, 5.41) is 9.04. The Kier molecular flexibility index (Phi) is 4.04. The van der Waals surface area contributed by atoms with Crippen molar-refractivity contribution in [1.82, 2.24) is 15.1 Å². The Hall–Kier alpha value is -2.41. The molecule has 2 atom stereocenters. The molecule has 2 aromatic rings. The number of hydrogen-bond acceptors (Lipinski definition) is 3. The maximum Gasteiger partial charge on any atom is 0.230 e. The van der Waals surface area contributed by atoms with Gasteiger partial charge in [0.15, 0.2) is 0 Å². The molecule has 0 aliphatic carbocycles. The van der Waals surface area contributed by atoms with Crippen LogP contribution in [0.25, 0.3) is 0 Å². The van der Waals surface area contributed by atoms with Gasteiger partial charge in [-0.3, -0.25) is 14.7 Å². The van der Waals surface area contributed by atoms with Gasteiger partial charge in [0, 0.05) is 19.7 Å². The van der Waals surface area contributed by atoms with Gasteiger partial charge in [-0.2, -0.15) is 5.10 Å². The van der Waals surface area contributed by atoms with Crippen LogP contribution in [0, 0.1) is 11.7 Å². The number of hydrogen-bond donors (Lipinski definition) is 2. The molecule has 1 aromatic heterocycles. The molecule has 23 heavy (non-hydrogen) atoms. The second kappa shape index (κ2) is 6.00. The molecular weight excluding hydrogens is 323 g/mol. The topological polar surface area (TPSA) is 78.1 Å². The standard InChI is InChI=1S/C15H14ClFN4O2/c1-21-13(22)5-10(15(23)20-9-6-18-19-7-9)14(21)8-2-3-11(16)12(17)4-8/h2-4,6-7,10,14H,5H2,1H3,(H,18,19)(H,20,23)/t10-,14-/m1/s1. The molecule has 2 heterocycles. The lowest BCUT2D eigenvalue weighted by Crippen LogP contribution is -2.30. The first-order valence-electron chi connectivity index (χ1n) is 6.97. The normalized spacial score (nSPS) is 20.8. The van der Waals surface area contributed by atoms with E-state index in [2.05, 4.69) is 15.5 Å². The van der Waals surface area contributed by atoms with Crippen molar-refractivity contribution >= 4 is 29.1 Å². The summed E-state index contributed by atoms with van der Waals surface area (Å²) < 4.78 is 13.7. The van der Waals surface area contributed by atoms with Crippen LogP contribution in [0.5, 0.6) is 0 Å². The minimum atomic E-state index is -0.622. The van der Waals surface area contributed by atoms with Crippen LogP contribution in [0.15, 0.2) is 30.6 Å². The van der Waals surface area contributed by atoms with E-state index in [1.165, 1.54) is 29.4 Å². The molecule has 1 fully saturated rings. The number of carbonyl (C=O) groups is 2. The highest BCUT2D eigenvalue weighted by atomic mass is 35.5. The average Bonchev–Trinajstić information content (AvgIpc) is 3.11. The van der Waals surface area contributed by atoms with E-state index < -0.39 is 17.8 Å². The summed E-state index contributed by atoms with van der Waals surface area (Å²) in [6.07, 6.45) is 3.07. The third kappa shape index (κ3) is 2.92. The Labute approximate surface area is 136 Å². The Morgan fingerprint density at radius 3 is 2.96 bits per heavy atom. The number of halogens is 2. The SMILES string of the molecule is CN1C(=O)C[C@@H](C(=O)Nc2cn[nH]c2)[C@H]1c1ccc(Cl)c(F)c1. The highest BCUT2D eigenvalue weighted by Crippen LogP contribution is 2.38. The molecular formula is C15H14ClFN4O2. The van der Waals surface area contributed by atoms with Gasteiger partial charge in [-0.05, 0) is 17.7 Å². The molecule has 8 heteroatoms. The lowest BCUT2D eigenvalue weighted by molar-refractivity contribution is -0.127. The van der Waals surface area contributed by atoms with Crippen LogP contribution in [0.2, 0.25) is 5.02 Å². The van der Waals surface area contributed by atoms with Gasteiger partial charge >= 0.3 is 0 Å². The fourth-order valence-corrected chi connectivity index (χ4v) is 2.93. The fourth-order valence-electron chi connectivity index (χ4n) is 2.81. The molecule has 3 rings (SSSR count). The Morgan fingerprint density at radius 2 is 2.30 bits per heavy atom. The van der Waals surface area contributed by atoms with Crippen LogP contribution >= 0.6 is 11.6 Å². The van der Waals surface area contributed by atoms with Crippen molar-refractivity contribution in [2.45, 2.75) is 12.5 Å². The lowest BCUT2D eigenvalue weighted by Gasteiger charge is -2.25. The number of benzene rings is 1. The van der Waals surface area contributed by atoms with Gasteiger partial charge in [-0.1, -0.05) is 17.7 Å². The van der Waals surface area contributed by atoms with Crippen LogP contribution in [-0.2, 0) is 9.59 Å². The van der Waals surface area contributed by atoms with E-state index in [0.717, 1.165) is 0 Å². The third-order valence-electron chi connectivity index (χ3n) is 3.97. The second-order valence-electron chi connectivity index (χ2n) is 5.41. The quantitative estimate of drug-likeness (QED) is 0.903. The number of nitrogens with one attached hydrogen (secondary N) is 2. The summed E-state index contributed by atoms with van der Waals surface area (Å²) in [7, 11) is 1.60. The lowest BCUT2D eigenvalue weighted by atomic mass is 9.93. The number of likely N-dealkylation sites (tertiary alicyclic amines) is 1. The number of rotatable bonds is 3. The monoisotopic (exact) mass is 336 g/mol. The highest BCUT2D eigenvalue weighted by Gasteiger charge is 2.42. The van der Waals surface area contributed by atoms with Crippen LogP contribution < -0.4 is 5.32 Å². The first-order valence-corrected chi connectivity index (χ1v) is 7.35. The van der Waals surface area contributed by atoms with E-state index in [4.69, 9.17) is 11.6 Å². The summed E-state index contributed by atoms with van der Waals surface area (Å²) in [5.74, 6) is -1.68. The molecule has 2 N–H and O–H groups in total. The number of aromatic amines is 1. The number of aromatic nitrogens is 2. The summed E-state index contributed by atoms with van der Waals surface area (Å²) in [5.41, 5.74) is 1.05. The zero-order valence-electron chi connectivity index (χ0n) is 12.2. The van der Waals surface area contributed by atoms with Crippen molar-refractivity contribution in [3.05, 3.63) is 47.0 Å². The predicted molar refractivity (Wildman–Crippen MR) is 82.2 cm³/mol. The summed E-state index contributed by atoms with van der Waals surface area (Å²) in [4.78, 5) is 26.0. The van der Waals surface area contributed by atoms with Crippen molar-refractivity contribution in [2.75, 3.05) is 12.4 Å². The van der Waals surface area contributed by atoms with Crippen LogP contribution in [0.4, 0.5) is 10.1 Å². The minimum Gasteiger partial charge on any atom is -0.338 e. The molecule has 0 spiro atoms. The molecule has 1 saturated heterocycles. The second-order valence-corrected chi connectivity index (χ2v) is 5.82. The van der Waals surface area contributed by atoms with Crippen molar-refractivity contribution < 1.29 is 14.0 Å². The van der Waals surface area contributed by atoms with E-state index in [-0.39, 0.29) is 23.3 Å². The van der Waals surface area contributed by atoms with Crippen molar-refractivity contribution in [2.24, 2.45) is 5.92 Å². The van der Waals surface area contributed by atoms with Gasteiger partial charge < -0.3 is 10.2 Å². The average molecular weight is 337 g/mol. The maximum absolute atomic E-state index is 13.7. The Balaban J connectivity index is 1.89.